The van der Waals surface area contributed by atoms with Crippen molar-refractivity contribution in [2.45, 2.75) is 19.4 Å². The maximum Gasteiger partial charge on any atom is 0.235 e. The third-order valence-electron chi connectivity index (χ3n) is 4.64. The molecular formula is C19H19N6PS. The molecule has 0 unspecified atom stereocenters. The van der Waals surface area contributed by atoms with Crippen molar-refractivity contribution >= 4 is 41.3 Å². The molecule has 136 valence electrons. The second kappa shape index (κ2) is 6.51. The number of nitrogens with one attached hydrogen (secondary N) is 3. The van der Waals surface area contributed by atoms with Gasteiger partial charge in [0.1, 0.15) is 11.5 Å². The standard InChI is InChI=1S/C19H19N6PS/c27-26(22-15-10-5-2-6-11-15)23-18(20-14-8-3-1-4-9-14)17-19(24-26)21-16-12-7-13-25(16)17/h1-6,8-11H,7,12-13H2,(H3,20,22,23,24,27)/t26-/m1/s1. The first-order valence-electron chi connectivity index (χ1n) is 8.94. The number of aromatic nitrogens is 2. The average molecular weight is 394 g/mol. The zero-order chi connectivity index (χ0) is 18.3. The van der Waals surface area contributed by atoms with Crippen LogP contribution in [0.3, 0.4) is 0 Å². The van der Waals surface area contributed by atoms with Crippen LogP contribution in [0.15, 0.2) is 65.4 Å². The number of imidazole rings is 1. The lowest BCUT2D eigenvalue weighted by atomic mass is 10.3. The van der Waals surface area contributed by atoms with Crippen LogP contribution in [0.2, 0.25) is 0 Å². The van der Waals surface area contributed by atoms with Gasteiger partial charge in [0, 0.05) is 24.3 Å². The van der Waals surface area contributed by atoms with Crippen LogP contribution in [0.5, 0.6) is 0 Å². The molecule has 0 fully saturated rings. The Morgan fingerprint density at radius 1 is 1.00 bits per heavy atom. The summed E-state index contributed by atoms with van der Waals surface area (Å²) in [5.74, 6) is 2.70. The molecule has 8 heteroatoms. The van der Waals surface area contributed by atoms with Crippen LogP contribution in [-0.2, 0) is 24.8 Å². The maximum absolute atomic E-state index is 5.92. The number of anilines is 3. The van der Waals surface area contributed by atoms with Crippen molar-refractivity contribution < 1.29 is 0 Å². The van der Waals surface area contributed by atoms with Gasteiger partial charge in [0.25, 0.3) is 0 Å². The third kappa shape index (κ3) is 3.13. The quantitative estimate of drug-likeness (QED) is 0.573. The largest absolute Gasteiger partial charge is 0.338 e. The van der Waals surface area contributed by atoms with Gasteiger partial charge in [-0.3, -0.25) is 0 Å². The van der Waals surface area contributed by atoms with Gasteiger partial charge < -0.3 is 20.1 Å². The molecule has 0 saturated heterocycles. The topological polar surface area (TPSA) is 66.3 Å². The predicted octanol–water partition coefficient (Wildman–Crippen LogP) is 4.45. The SMILES string of the molecule is S=[P@]1(Nc2ccccc2)N=C(Nc2ccccc2)c2c(nc3n2CCC3)N1. The van der Waals surface area contributed by atoms with E-state index in [0.717, 1.165) is 53.9 Å². The lowest BCUT2D eigenvalue weighted by Gasteiger charge is -2.27. The molecule has 1 atom stereocenters. The summed E-state index contributed by atoms with van der Waals surface area (Å²) in [4.78, 5) is 4.81. The smallest absolute Gasteiger partial charge is 0.235 e. The van der Waals surface area contributed by atoms with Crippen LogP contribution < -0.4 is 15.5 Å². The Labute approximate surface area is 162 Å². The minimum Gasteiger partial charge on any atom is -0.338 e. The molecule has 3 heterocycles. The number of aryl methyl sites for hydroxylation is 1. The molecule has 1 aromatic heterocycles. The van der Waals surface area contributed by atoms with Gasteiger partial charge in [-0.05, 0) is 42.5 Å². The van der Waals surface area contributed by atoms with Gasteiger partial charge in [0.05, 0.1) is 0 Å². The van der Waals surface area contributed by atoms with Crippen molar-refractivity contribution in [1.82, 2.24) is 9.55 Å². The second-order valence-electron chi connectivity index (χ2n) is 6.59. The molecule has 3 N–H and O–H groups in total. The fraction of sp³-hybridized carbons (Fsp3) is 0.158. The van der Waals surface area contributed by atoms with E-state index in [4.69, 9.17) is 21.6 Å². The van der Waals surface area contributed by atoms with E-state index in [9.17, 15) is 0 Å². The molecule has 0 bridgehead atoms. The van der Waals surface area contributed by atoms with E-state index in [1.54, 1.807) is 0 Å². The van der Waals surface area contributed by atoms with Gasteiger partial charge >= 0.3 is 0 Å². The molecule has 2 aliphatic heterocycles. The van der Waals surface area contributed by atoms with Crippen molar-refractivity contribution in [3.8, 4) is 0 Å². The Balaban J connectivity index is 1.57. The number of hydrogen-bond acceptors (Lipinski definition) is 3. The zero-order valence-corrected chi connectivity index (χ0v) is 16.3. The number of rotatable bonds is 3. The molecule has 0 spiro atoms. The number of para-hydroxylation sites is 2. The molecule has 0 saturated carbocycles. The van der Waals surface area contributed by atoms with Gasteiger partial charge in [0.15, 0.2) is 11.7 Å². The second-order valence-corrected chi connectivity index (χ2v) is 9.97. The summed E-state index contributed by atoms with van der Waals surface area (Å²) in [7, 11) is 0. The van der Waals surface area contributed by atoms with E-state index >= 15 is 0 Å². The summed E-state index contributed by atoms with van der Waals surface area (Å²) in [5.41, 5.74) is 2.94. The van der Waals surface area contributed by atoms with Crippen molar-refractivity contribution in [3.63, 3.8) is 0 Å². The molecule has 3 aromatic rings. The molecule has 0 aliphatic carbocycles. The van der Waals surface area contributed by atoms with E-state index < -0.39 is 6.49 Å². The van der Waals surface area contributed by atoms with Crippen molar-refractivity contribution in [2.75, 3.05) is 15.5 Å². The van der Waals surface area contributed by atoms with E-state index in [1.807, 2.05) is 60.7 Å². The molecule has 6 nitrogen and oxygen atoms in total. The molecule has 0 amide bonds. The van der Waals surface area contributed by atoms with Crippen LogP contribution in [0.25, 0.3) is 0 Å². The Morgan fingerprint density at radius 3 is 2.44 bits per heavy atom. The third-order valence-corrected chi connectivity index (χ3v) is 6.99. The van der Waals surface area contributed by atoms with Crippen LogP contribution in [0.4, 0.5) is 17.2 Å². The van der Waals surface area contributed by atoms with Gasteiger partial charge in [-0.1, -0.05) is 36.4 Å². The molecule has 2 aromatic carbocycles. The minimum absolute atomic E-state index is 0.780. The van der Waals surface area contributed by atoms with Crippen molar-refractivity contribution in [3.05, 3.63) is 72.2 Å². The van der Waals surface area contributed by atoms with Crippen LogP contribution >= 0.6 is 6.49 Å². The lowest BCUT2D eigenvalue weighted by molar-refractivity contribution is 0.744. The lowest BCUT2D eigenvalue weighted by Crippen LogP contribution is -2.24. The highest BCUT2D eigenvalue weighted by Crippen LogP contribution is 2.51. The summed E-state index contributed by atoms with van der Waals surface area (Å²) in [5, 5.41) is 10.3. The van der Waals surface area contributed by atoms with Crippen LogP contribution in [-0.4, -0.2) is 15.4 Å². The summed E-state index contributed by atoms with van der Waals surface area (Å²) in [6.07, 6.45) is 2.10. The molecule has 5 rings (SSSR count). The van der Waals surface area contributed by atoms with Crippen LogP contribution in [0, 0.1) is 0 Å². The highest BCUT2D eigenvalue weighted by molar-refractivity contribution is 8.15. The van der Waals surface area contributed by atoms with E-state index in [1.165, 1.54) is 0 Å². The van der Waals surface area contributed by atoms with Crippen molar-refractivity contribution in [1.29, 1.82) is 0 Å². The summed E-state index contributed by atoms with van der Waals surface area (Å²) in [6, 6.07) is 20.0. The monoisotopic (exact) mass is 394 g/mol. The summed E-state index contributed by atoms with van der Waals surface area (Å²) < 4.78 is 7.19. The number of nitrogens with zero attached hydrogens (tertiary/aromatic N) is 3. The zero-order valence-electron chi connectivity index (χ0n) is 14.6. The number of fused-ring (bicyclic) bond motifs is 3. The maximum atomic E-state index is 5.92. The first-order valence-corrected chi connectivity index (χ1v) is 11.7. The van der Waals surface area contributed by atoms with E-state index in [2.05, 4.69) is 20.1 Å². The first kappa shape index (κ1) is 16.5. The van der Waals surface area contributed by atoms with Gasteiger partial charge in [-0.25, -0.2) is 4.98 Å². The number of benzene rings is 2. The Kier molecular flexibility index (Phi) is 3.99. The fourth-order valence-electron chi connectivity index (χ4n) is 3.48. The van der Waals surface area contributed by atoms with Gasteiger partial charge in [0.2, 0.25) is 6.49 Å². The number of hydrogen-bond donors (Lipinski definition) is 3. The van der Waals surface area contributed by atoms with Gasteiger partial charge in [-0.15, -0.1) is 0 Å². The van der Waals surface area contributed by atoms with Crippen LogP contribution in [0.1, 0.15) is 17.9 Å². The fourth-order valence-corrected chi connectivity index (χ4v) is 5.83. The summed E-state index contributed by atoms with van der Waals surface area (Å²) in [6.45, 7) is -1.51. The summed E-state index contributed by atoms with van der Waals surface area (Å²) >= 11 is 5.92. The van der Waals surface area contributed by atoms with Gasteiger partial charge in [-0.2, -0.15) is 4.76 Å². The molecule has 27 heavy (non-hydrogen) atoms. The molecule has 2 aliphatic rings. The predicted molar refractivity (Wildman–Crippen MR) is 115 cm³/mol. The van der Waals surface area contributed by atoms with E-state index in [-0.39, 0.29) is 0 Å². The van der Waals surface area contributed by atoms with Crippen molar-refractivity contribution in [2.24, 2.45) is 4.76 Å². The molecule has 0 radical (unpaired) electrons. The highest BCUT2D eigenvalue weighted by atomic mass is 32.4. The Hall–Kier alpha value is -2.63. The molecular weight excluding hydrogens is 375 g/mol. The normalized spacial score (nSPS) is 20.2. The minimum atomic E-state index is -2.47. The first-order chi connectivity index (χ1) is 13.2. The average Bonchev–Trinajstić information content (AvgIpc) is 3.23. The Morgan fingerprint density at radius 2 is 1.70 bits per heavy atom. The number of amidine groups is 1. The van der Waals surface area contributed by atoms with E-state index in [0.29, 0.717) is 0 Å². The Bertz CT molecular complexity index is 1060. The highest BCUT2D eigenvalue weighted by Gasteiger charge is 2.33.